The second-order valence-corrected chi connectivity index (χ2v) is 8.49. The average Bonchev–Trinajstić information content (AvgIpc) is 3.40. The largest absolute Gasteiger partial charge is 0.378 e. The molecule has 2 aliphatic rings. The topological polar surface area (TPSA) is 86.4 Å². The van der Waals surface area contributed by atoms with E-state index in [1.165, 1.54) is 0 Å². The van der Waals surface area contributed by atoms with Crippen LogP contribution in [0.3, 0.4) is 0 Å². The first-order valence-electron chi connectivity index (χ1n) is 11.4. The molecule has 2 aromatic heterocycles. The highest BCUT2D eigenvalue weighted by atomic mass is 19.3. The first-order valence-corrected chi connectivity index (χ1v) is 11.4. The predicted molar refractivity (Wildman–Crippen MR) is 126 cm³/mol. The molecular weight excluding hydrogens is 442 g/mol. The van der Waals surface area contributed by atoms with E-state index < -0.39 is 5.92 Å². The van der Waals surface area contributed by atoms with Gasteiger partial charge in [0.1, 0.15) is 5.69 Å². The number of halogens is 2. The van der Waals surface area contributed by atoms with Gasteiger partial charge in [-0.3, -0.25) is 9.89 Å². The number of morpholine rings is 1. The summed E-state index contributed by atoms with van der Waals surface area (Å²) in [4.78, 5) is 21.7. The fraction of sp³-hybridized carbons (Fsp3) is 0.375. The van der Waals surface area contributed by atoms with Crippen LogP contribution in [0.15, 0.2) is 48.8 Å². The molecule has 0 aliphatic carbocycles. The van der Waals surface area contributed by atoms with Gasteiger partial charge in [0.2, 0.25) is 0 Å². The third kappa shape index (κ3) is 4.86. The zero-order valence-electron chi connectivity index (χ0n) is 18.6. The van der Waals surface area contributed by atoms with Crippen molar-refractivity contribution < 1.29 is 18.3 Å². The van der Waals surface area contributed by atoms with E-state index in [0.29, 0.717) is 24.6 Å². The van der Waals surface area contributed by atoms with Gasteiger partial charge in [0.25, 0.3) is 11.8 Å². The van der Waals surface area contributed by atoms with Crippen molar-refractivity contribution in [2.24, 2.45) is 0 Å². The Bertz CT molecular complexity index is 1140. The molecular formula is C24H26F2N6O2. The second-order valence-electron chi connectivity index (χ2n) is 8.49. The van der Waals surface area contributed by atoms with Crippen molar-refractivity contribution in [1.29, 1.82) is 0 Å². The van der Waals surface area contributed by atoms with Gasteiger partial charge in [0.15, 0.2) is 0 Å². The average molecular weight is 469 g/mol. The van der Waals surface area contributed by atoms with Gasteiger partial charge in [-0.25, -0.2) is 13.8 Å². The van der Waals surface area contributed by atoms with Crippen LogP contribution >= 0.6 is 0 Å². The molecule has 4 heterocycles. The smallest absolute Gasteiger partial charge is 0.274 e. The van der Waals surface area contributed by atoms with Gasteiger partial charge in [0, 0.05) is 56.5 Å². The minimum atomic E-state index is -2.65. The number of carbonyl (C=O) groups is 1. The highest BCUT2D eigenvalue weighted by molar-refractivity contribution is 6.05. The number of benzene rings is 1. The van der Waals surface area contributed by atoms with Crippen LogP contribution in [0.2, 0.25) is 0 Å². The SMILES string of the molecule is O=C(Nc1ccc(N2CCOCC2)cc1N1CCC(F)(F)CC1)c1cccc(-c2cn[nH]c2)n1. The Labute approximate surface area is 195 Å². The van der Waals surface area contributed by atoms with E-state index in [4.69, 9.17) is 4.74 Å². The molecule has 2 saturated heterocycles. The van der Waals surface area contributed by atoms with Crippen molar-refractivity contribution in [2.75, 3.05) is 54.5 Å². The Morgan fingerprint density at radius 2 is 1.85 bits per heavy atom. The summed E-state index contributed by atoms with van der Waals surface area (Å²) in [6.07, 6.45) is 2.92. The van der Waals surface area contributed by atoms with Crippen LogP contribution in [-0.2, 0) is 4.74 Å². The number of carbonyl (C=O) groups excluding carboxylic acids is 1. The van der Waals surface area contributed by atoms with Gasteiger partial charge in [-0.15, -0.1) is 0 Å². The van der Waals surface area contributed by atoms with Crippen LogP contribution in [0.4, 0.5) is 25.8 Å². The van der Waals surface area contributed by atoms with Crippen molar-refractivity contribution in [2.45, 2.75) is 18.8 Å². The van der Waals surface area contributed by atoms with E-state index in [1.807, 2.05) is 23.1 Å². The third-order valence-electron chi connectivity index (χ3n) is 6.22. The maximum atomic E-state index is 13.8. The van der Waals surface area contributed by atoms with Crippen LogP contribution < -0.4 is 15.1 Å². The van der Waals surface area contributed by atoms with Crippen LogP contribution in [0, 0.1) is 0 Å². The van der Waals surface area contributed by atoms with Gasteiger partial charge in [-0.1, -0.05) is 6.07 Å². The number of hydrogen-bond donors (Lipinski definition) is 2. The monoisotopic (exact) mass is 468 g/mol. The van der Waals surface area contributed by atoms with Gasteiger partial charge in [-0.2, -0.15) is 5.10 Å². The number of hydrogen-bond acceptors (Lipinski definition) is 6. The normalized spacial score (nSPS) is 18.1. The lowest BCUT2D eigenvalue weighted by molar-refractivity contribution is -0.0220. The van der Waals surface area contributed by atoms with Crippen molar-refractivity contribution in [3.63, 3.8) is 0 Å². The third-order valence-corrected chi connectivity index (χ3v) is 6.22. The minimum Gasteiger partial charge on any atom is -0.378 e. The fourth-order valence-electron chi connectivity index (χ4n) is 4.28. The first kappa shape index (κ1) is 22.3. The quantitative estimate of drug-likeness (QED) is 0.593. The molecule has 0 radical (unpaired) electrons. The van der Waals surface area contributed by atoms with Crippen LogP contribution in [0.5, 0.6) is 0 Å². The van der Waals surface area contributed by atoms with Crippen LogP contribution in [0.1, 0.15) is 23.3 Å². The molecule has 2 N–H and O–H groups in total. The molecule has 0 unspecified atom stereocenters. The first-order chi connectivity index (χ1) is 16.5. The molecule has 0 atom stereocenters. The summed E-state index contributed by atoms with van der Waals surface area (Å²) < 4.78 is 33.1. The lowest BCUT2D eigenvalue weighted by Crippen LogP contribution is -2.40. The zero-order chi connectivity index (χ0) is 23.5. The molecule has 1 amide bonds. The summed E-state index contributed by atoms with van der Waals surface area (Å²) in [7, 11) is 0. The number of alkyl halides is 2. The molecule has 178 valence electrons. The number of H-pyrrole nitrogens is 1. The Morgan fingerprint density at radius 1 is 1.06 bits per heavy atom. The maximum Gasteiger partial charge on any atom is 0.274 e. The maximum absolute atomic E-state index is 13.8. The van der Waals surface area contributed by atoms with Gasteiger partial charge in [0.05, 0.1) is 36.5 Å². The molecule has 2 fully saturated rings. The Balaban J connectivity index is 1.42. The summed E-state index contributed by atoms with van der Waals surface area (Å²) in [6, 6.07) is 11.0. The lowest BCUT2D eigenvalue weighted by Gasteiger charge is -2.36. The number of aromatic nitrogens is 3. The van der Waals surface area contributed by atoms with E-state index in [-0.39, 0.29) is 37.5 Å². The van der Waals surface area contributed by atoms with Crippen LogP contribution in [0.25, 0.3) is 11.3 Å². The number of rotatable bonds is 5. The highest BCUT2D eigenvalue weighted by Gasteiger charge is 2.35. The van der Waals surface area contributed by atoms with E-state index in [1.54, 1.807) is 30.6 Å². The number of anilines is 3. The number of pyridine rings is 1. The second kappa shape index (κ2) is 9.38. The van der Waals surface area contributed by atoms with Gasteiger partial charge >= 0.3 is 0 Å². The molecule has 0 saturated carbocycles. The number of piperidine rings is 1. The summed E-state index contributed by atoms with van der Waals surface area (Å²) >= 11 is 0. The molecule has 1 aromatic carbocycles. The summed E-state index contributed by atoms with van der Waals surface area (Å²) in [6.45, 7) is 3.24. The molecule has 2 aliphatic heterocycles. The van der Waals surface area contributed by atoms with E-state index >= 15 is 0 Å². The summed E-state index contributed by atoms with van der Waals surface area (Å²) in [5.41, 5.74) is 3.95. The molecule has 10 heteroatoms. The number of amides is 1. The number of ether oxygens (including phenoxy) is 1. The molecule has 0 spiro atoms. The number of aromatic amines is 1. The number of nitrogens with zero attached hydrogens (tertiary/aromatic N) is 4. The Kier molecular flexibility index (Phi) is 6.14. The molecule has 3 aromatic rings. The van der Waals surface area contributed by atoms with E-state index in [0.717, 1.165) is 30.0 Å². The zero-order valence-corrected chi connectivity index (χ0v) is 18.6. The van der Waals surface area contributed by atoms with Crippen molar-refractivity contribution >= 4 is 23.0 Å². The predicted octanol–water partition coefficient (Wildman–Crippen LogP) is 3.80. The summed E-state index contributed by atoms with van der Waals surface area (Å²) in [5, 5.41) is 9.61. The number of nitrogens with one attached hydrogen (secondary N) is 2. The van der Waals surface area contributed by atoms with E-state index in [2.05, 4.69) is 25.4 Å². The lowest BCUT2D eigenvalue weighted by atomic mass is 10.0. The molecule has 0 bridgehead atoms. The Hall–Kier alpha value is -3.53. The highest BCUT2D eigenvalue weighted by Crippen LogP contribution is 2.36. The fourth-order valence-corrected chi connectivity index (χ4v) is 4.28. The van der Waals surface area contributed by atoms with Crippen LogP contribution in [-0.4, -0.2) is 66.4 Å². The van der Waals surface area contributed by atoms with Crippen molar-refractivity contribution in [1.82, 2.24) is 15.2 Å². The Morgan fingerprint density at radius 3 is 2.59 bits per heavy atom. The summed E-state index contributed by atoms with van der Waals surface area (Å²) in [5.74, 6) is -3.02. The van der Waals surface area contributed by atoms with E-state index in [9.17, 15) is 13.6 Å². The van der Waals surface area contributed by atoms with Crippen molar-refractivity contribution in [3.8, 4) is 11.3 Å². The molecule has 5 rings (SSSR count). The van der Waals surface area contributed by atoms with Gasteiger partial charge in [-0.05, 0) is 30.3 Å². The standard InChI is InChI=1S/C24H26F2N6O2/c25-24(26)6-8-32(9-7-24)22-14-18(31-10-12-34-13-11-31)4-5-20(22)30-23(33)21-3-1-2-19(29-21)17-15-27-28-16-17/h1-5,14-16H,6-13H2,(H,27,28)(H,30,33). The molecule has 34 heavy (non-hydrogen) atoms. The van der Waals surface area contributed by atoms with Crippen molar-refractivity contribution in [3.05, 3.63) is 54.5 Å². The minimum absolute atomic E-state index is 0.212. The van der Waals surface area contributed by atoms with Gasteiger partial charge < -0.3 is 19.9 Å². The molecule has 8 nitrogen and oxygen atoms in total.